The molecule has 220 valence electrons. The van der Waals surface area contributed by atoms with Crippen molar-refractivity contribution in [3.63, 3.8) is 0 Å². The summed E-state index contributed by atoms with van der Waals surface area (Å²) in [5.41, 5.74) is 7.07. The highest BCUT2D eigenvalue weighted by molar-refractivity contribution is 7.85. The average Bonchev–Trinajstić information content (AvgIpc) is 3.54. The fourth-order valence-electron chi connectivity index (χ4n) is 5.47. The van der Waals surface area contributed by atoms with Crippen molar-refractivity contribution in [2.75, 3.05) is 17.2 Å². The molecule has 8 heteroatoms. The molecule has 5 aromatic rings. The lowest BCUT2D eigenvalue weighted by Crippen LogP contribution is -2.36. The van der Waals surface area contributed by atoms with Crippen molar-refractivity contribution in [3.05, 3.63) is 109 Å². The number of ether oxygens (including phenoxy) is 1. The molecule has 0 unspecified atom stereocenters. The van der Waals surface area contributed by atoms with Crippen LogP contribution in [0.5, 0.6) is 5.75 Å². The first-order valence-corrected chi connectivity index (χ1v) is 16.3. The number of benzene rings is 4. The van der Waals surface area contributed by atoms with Gasteiger partial charge in [-0.05, 0) is 53.3 Å². The maximum absolute atomic E-state index is 11.3. The predicted octanol–water partition coefficient (Wildman–Crippen LogP) is 7.72. The molecule has 0 bridgehead atoms. The van der Waals surface area contributed by atoms with Gasteiger partial charge in [0.2, 0.25) is 11.5 Å². The first-order valence-electron chi connectivity index (χ1n) is 14.7. The van der Waals surface area contributed by atoms with Crippen LogP contribution in [0.2, 0.25) is 0 Å². The second-order valence-corrected chi connectivity index (χ2v) is 12.3. The van der Waals surface area contributed by atoms with Crippen molar-refractivity contribution in [2.45, 2.75) is 39.2 Å². The van der Waals surface area contributed by atoms with Crippen LogP contribution in [0.25, 0.3) is 39.4 Å². The number of fused-ring (bicyclic) bond motifs is 2. The van der Waals surface area contributed by atoms with Crippen molar-refractivity contribution in [1.82, 2.24) is 0 Å². The Morgan fingerprint density at radius 2 is 1.49 bits per heavy atom. The van der Waals surface area contributed by atoms with Crippen molar-refractivity contribution in [2.24, 2.45) is 0 Å². The normalized spacial score (nSPS) is 13.9. The lowest BCUT2D eigenvalue weighted by Gasteiger charge is -2.18. The van der Waals surface area contributed by atoms with Crippen LogP contribution in [-0.2, 0) is 16.7 Å². The second kappa shape index (κ2) is 12.5. The SMILES string of the molecule is CCCCN1C(=Cc2oc3ccc(-c4ccccc4)cc3[n+]2CCCCS(=O)(=O)O)Oc2ccc(-c3ccccc3)cc21. The third kappa shape index (κ3) is 6.50. The van der Waals surface area contributed by atoms with Crippen molar-refractivity contribution < 1.29 is 26.7 Å². The van der Waals surface area contributed by atoms with Crippen LogP contribution in [-0.4, -0.2) is 25.3 Å². The van der Waals surface area contributed by atoms with Gasteiger partial charge in [-0.15, -0.1) is 0 Å². The zero-order valence-electron chi connectivity index (χ0n) is 24.1. The van der Waals surface area contributed by atoms with E-state index in [0.717, 1.165) is 64.2 Å². The van der Waals surface area contributed by atoms with E-state index in [2.05, 4.69) is 58.9 Å². The maximum Gasteiger partial charge on any atom is 0.379 e. The average molecular weight is 596 g/mol. The minimum absolute atomic E-state index is 0.276. The van der Waals surface area contributed by atoms with Crippen LogP contribution in [0.4, 0.5) is 5.69 Å². The second-order valence-electron chi connectivity index (χ2n) is 10.8. The summed E-state index contributed by atoms with van der Waals surface area (Å²) in [7, 11) is -4.02. The molecule has 1 aliphatic heterocycles. The van der Waals surface area contributed by atoms with E-state index in [1.165, 1.54) is 0 Å². The van der Waals surface area contributed by atoms with Gasteiger partial charge in [0.05, 0.1) is 11.4 Å². The molecule has 2 heterocycles. The Balaban J connectivity index is 1.40. The Morgan fingerprint density at radius 1 is 0.814 bits per heavy atom. The molecule has 0 aliphatic carbocycles. The van der Waals surface area contributed by atoms with Crippen molar-refractivity contribution >= 4 is 33.0 Å². The highest BCUT2D eigenvalue weighted by Crippen LogP contribution is 2.42. The number of aromatic nitrogens is 1. The quantitative estimate of drug-likeness (QED) is 0.0956. The van der Waals surface area contributed by atoms with Crippen molar-refractivity contribution in [3.8, 4) is 28.0 Å². The third-order valence-corrected chi connectivity index (χ3v) is 8.50. The Labute approximate surface area is 252 Å². The van der Waals surface area contributed by atoms with Crippen LogP contribution in [0, 0.1) is 0 Å². The molecule has 0 amide bonds. The minimum Gasteiger partial charge on any atom is -0.438 e. The molecule has 0 spiro atoms. The Hall–Kier alpha value is -4.40. The van der Waals surface area contributed by atoms with E-state index in [9.17, 15) is 13.0 Å². The molecule has 0 fully saturated rings. The van der Waals surface area contributed by atoms with E-state index in [0.29, 0.717) is 31.2 Å². The zero-order chi connectivity index (χ0) is 29.8. The summed E-state index contributed by atoms with van der Waals surface area (Å²) in [6.07, 6.45) is 4.85. The molecule has 1 aliphatic rings. The highest BCUT2D eigenvalue weighted by Gasteiger charge is 2.30. The first kappa shape index (κ1) is 28.7. The van der Waals surface area contributed by atoms with Crippen molar-refractivity contribution in [1.29, 1.82) is 0 Å². The summed E-state index contributed by atoms with van der Waals surface area (Å²) in [5.74, 6) is 1.81. The van der Waals surface area contributed by atoms with E-state index in [-0.39, 0.29) is 5.75 Å². The topological polar surface area (TPSA) is 83.9 Å². The molecule has 43 heavy (non-hydrogen) atoms. The number of hydrogen-bond donors (Lipinski definition) is 1. The number of unbranched alkanes of at least 4 members (excludes halogenated alkanes) is 2. The van der Waals surface area contributed by atoms with E-state index in [1.54, 1.807) is 0 Å². The zero-order valence-corrected chi connectivity index (χ0v) is 25.0. The number of rotatable bonds is 11. The van der Waals surface area contributed by atoms with Gasteiger partial charge in [-0.2, -0.15) is 13.0 Å². The summed E-state index contributed by atoms with van der Waals surface area (Å²) >= 11 is 0. The van der Waals surface area contributed by atoms with Gasteiger partial charge < -0.3 is 14.1 Å². The van der Waals surface area contributed by atoms with Crippen LogP contribution in [0.1, 0.15) is 38.5 Å². The van der Waals surface area contributed by atoms with E-state index < -0.39 is 10.1 Å². The largest absolute Gasteiger partial charge is 0.438 e. The fourth-order valence-corrected chi connectivity index (χ4v) is 6.04. The van der Waals surface area contributed by atoms with Gasteiger partial charge in [-0.25, -0.2) is 0 Å². The van der Waals surface area contributed by atoms with Gasteiger partial charge in [0.25, 0.3) is 15.6 Å². The maximum atomic E-state index is 11.3. The highest BCUT2D eigenvalue weighted by atomic mass is 32.2. The molecule has 0 saturated carbocycles. The molecule has 6 rings (SSSR count). The van der Waals surface area contributed by atoms with Crippen LogP contribution < -0.4 is 14.2 Å². The number of aryl methyl sites for hydroxylation is 1. The number of oxazole rings is 1. The Morgan fingerprint density at radius 3 is 2.16 bits per heavy atom. The van der Waals surface area contributed by atoms with Crippen LogP contribution in [0.3, 0.4) is 0 Å². The summed E-state index contributed by atoms with van der Waals surface area (Å²) in [6, 6.07) is 32.9. The summed E-state index contributed by atoms with van der Waals surface area (Å²) in [6.45, 7) is 3.48. The molecular formula is C35H35N2O5S+. The first-order chi connectivity index (χ1) is 20.9. The van der Waals surface area contributed by atoms with Gasteiger partial charge in [0.15, 0.2) is 12.3 Å². The molecule has 1 aromatic heterocycles. The van der Waals surface area contributed by atoms with Gasteiger partial charge in [-0.1, -0.05) is 86.1 Å². The number of anilines is 1. The van der Waals surface area contributed by atoms with Crippen LogP contribution >= 0.6 is 0 Å². The molecule has 0 atom stereocenters. The molecule has 0 saturated heterocycles. The number of nitrogens with zero attached hydrogens (tertiary/aromatic N) is 2. The predicted molar refractivity (Wildman–Crippen MR) is 170 cm³/mol. The number of hydrogen-bond acceptors (Lipinski definition) is 5. The molecule has 0 radical (unpaired) electrons. The van der Waals surface area contributed by atoms with Crippen LogP contribution in [0.15, 0.2) is 107 Å². The Bertz CT molecular complexity index is 1870. The van der Waals surface area contributed by atoms with Gasteiger partial charge in [0, 0.05) is 19.0 Å². The lowest BCUT2D eigenvalue weighted by atomic mass is 10.0. The summed E-state index contributed by atoms with van der Waals surface area (Å²) in [5, 5.41) is 0. The van der Waals surface area contributed by atoms with E-state index >= 15 is 0 Å². The summed E-state index contributed by atoms with van der Waals surface area (Å²) in [4.78, 5) is 2.20. The third-order valence-electron chi connectivity index (χ3n) is 7.69. The van der Waals surface area contributed by atoms with Gasteiger partial charge in [-0.3, -0.25) is 4.55 Å². The lowest BCUT2D eigenvalue weighted by molar-refractivity contribution is -0.678. The Kier molecular flexibility index (Phi) is 8.31. The van der Waals surface area contributed by atoms with E-state index in [1.807, 2.05) is 60.7 Å². The fraction of sp³-hybridized carbons (Fsp3) is 0.229. The van der Waals surface area contributed by atoms with Gasteiger partial charge >= 0.3 is 5.89 Å². The summed E-state index contributed by atoms with van der Waals surface area (Å²) < 4.78 is 46.8. The monoisotopic (exact) mass is 595 g/mol. The molecule has 1 N–H and O–H groups in total. The molecule has 4 aromatic carbocycles. The standard InChI is InChI=1S/C35H34N2O5S/c1-2-3-20-36-30-23-28(26-12-6-4-7-13-26)16-18-32(30)41-34(36)25-35-37(21-10-11-22-43(38,39)40)31-24-29(17-19-33(31)42-35)27-14-8-5-9-15-27/h4-9,12-19,23-25H,2-3,10-11,20-22H2,1H3/p+1. The van der Waals surface area contributed by atoms with E-state index in [4.69, 9.17) is 9.15 Å². The minimum atomic E-state index is -4.02. The molecular weight excluding hydrogens is 560 g/mol. The van der Waals surface area contributed by atoms with Gasteiger partial charge in [0.1, 0.15) is 6.08 Å². The molecule has 7 nitrogen and oxygen atoms in total. The smallest absolute Gasteiger partial charge is 0.379 e.